The molecular weight excluding hydrogens is 242 g/mol. The van der Waals surface area contributed by atoms with Gasteiger partial charge >= 0.3 is 19.5 Å². The molecule has 0 unspecified atom stereocenters. The number of nitro groups is 1. The first-order valence-electron chi connectivity index (χ1n) is 3.02. The maximum atomic E-state index is 10.3. The van der Waals surface area contributed by atoms with Gasteiger partial charge in [-0.2, -0.15) is 5.26 Å². The smallest absolute Gasteiger partial charge is 0.258 e. The number of rotatable bonds is 1. The van der Waals surface area contributed by atoms with Crippen molar-refractivity contribution in [2.75, 3.05) is 0 Å². The first kappa shape index (κ1) is 12.1. The van der Waals surface area contributed by atoms with Gasteiger partial charge in [0.1, 0.15) is 0 Å². The van der Waals surface area contributed by atoms with Gasteiger partial charge in [-0.25, -0.2) is 0 Å². The molecule has 13 heavy (non-hydrogen) atoms. The number of nitriles is 1. The van der Waals surface area contributed by atoms with Gasteiger partial charge in [-0.1, -0.05) is 0 Å². The molecule has 0 aliphatic heterocycles. The Kier molecular flexibility index (Phi) is 4.60. The van der Waals surface area contributed by atoms with Crippen LogP contribution in [0.1, 0.15) is 5.56 Å². The summed E-state index contributed by atoms with van der Waals surface area (Å²) in [7, 11) is 0. The van der Waals surface area contributed by atoms with Crippen molar-refractivity contribution in [3.05, 3.63) is 33.9 Å². The molecular formula is C7H4N2O2SZn+2. The standard InChI is InChI=1S/C7H4N2O2S.Zn/c8-4-5-1-2-7(12)6(3-5)9(10)11;/h1-3,12H;/q;+2. The minimum atomic E-state index is -0.566. The van der Waals surface area contributed by atoms with E-state index in [4.69, 9.17) is 5.26 Å². The van der Waals surface area contributed by atoms with Crippen LogP contribution in [-0.2, 0) is 19.5 Å². The Labute approximate surface area is 92.9 Å². The van der Waals surface area contributed by atoms with Gasteiger partial charge in [0.2, 0.25) is 0 Å². The number of nitrogens with zero attached hydrogens (tertiary/aromatic N) is 2. The summed E-state index contributed by atoms with van der Waals surface area (Å²) in [5, 5.41) is 18.8. The first-order valence-corrected chi connectivity index (χ1v) is 3.47. The number of thiol groups is 1. The molecule has 0 saturated heterocycles. The molecule has 0 atom stereocenters. The van der Waals surface area contributed by atoms with E-state index in [2.05, 4.69) is 12.6 Å². The topological polar surface area (TPSA) is 66.9 Å². The third kappa shape index (κ3) is 2.80. The normalized spacial score (nSPS) is 8.31. The molecule has 0 fully saturated rings. The van der Waals surface area contributed by atoms with Crippen LogP contribution in [0.2, 0.25) is 0 Å². The summed E-state index contributed by atoms with van der Waals surface area (Å²) >= 11 is 3.87. The van der Waals surface area contributed by atoms with Crippen molar-refractivity contribution in [2.24, 2.45) is 0 Å². The molecule has 0 radical (unpaired) electrons. The third-order valence-electron chi connectivity index (χ3n) is 1.30. The summed E-state index contributed by atoms with van der Waals surface area (Å²) in [6.45, 7) is 0. The average molecular weight is 246 g/mol. The Morgan fingerprint density at radius 3 is 2.62 bits per heavy atom. The van der Waals surface area contributed by atoms with Crippen molar-refractivity contribution in [2.45, 2.75) is 4.90 Å². The Balaban J connectivity index is 0.00000144. The van der Waals surface area contributed by atoms with Crippen LogP contribution in [0, 0.1) is 21.4 Å². The molecule has 0 aliphatic rings. The van der Waals surface area contributed by atoms with E-state index in [0.29, 0.717) is 0 Å². The second-order valence-electron chi connectivity index (χ2n) is 2.07. The van der Waals surface area contributed by atoms with Crippen LogP contribution in [0.5, 0.6) is 0 Å². The SMILES string of the molecule is N#Cc1ccc(S)c([N+](=O)[O-])c1.[Zn+2]. The van der Waals surface area contributed by atoms with Crippen molar-refractivity contribution < 1.29 is 24.4 Å². The zero-order valence-electron chi connectivity index (χ0n) is 6.60. The van der Waals surface area contributed by atoms with Crippen LogP contribution in [0.3, 0.4) is 0 Å². The molecule has 0 spiro atoms. The largest absolute Gasteiger partial charge is 2.00 e. The fourth-order valence-corrected chi connectivity index (χ4v) is 0.960. The van der Waals surface area contributed by atoms with Crippen LogP contribution in [0.4, 0.5) is 5.69 Å². The Morgan fingerprint density at radius 2 is 2.15 bits per heavy atom. The summed E-state index contributed by atoms with van der Waals surface area (Å²) in [6.07, 6.45) is 0. The molecule has 60 valence electrons. The Morgan fingerprint density at radius 1 is 1.54 bits per heavy atom. The van der Waals surface area contributed by atoms with Gasteiger partial charge in [0.15, 0.2) is 0 Å². The van der Waals surface area contributed by atoms with Crippen LogP contribution in [0.15, 0.2) is 23.1 Å². The Bertz CT molecular complexity index is 375. The van der Waals surface area contributed by atoms with E-state index in [1.165, 1.54) is 18.2 Å². The first-order chi connectivity index (χ1) is 5.65. The van der Waals surface area contributed by atoms with Crippen molar-refractivity contribution in [1.29, 1.82) is 5.26 Å². The van der Waals surface area contributed by atoms with Crippen LogP contribution < -0.4 is 0 Å². The molecule has 0 aromatic heterocycles. The van der Waals surface area contributed by atoms with Gasteiger partial charge in [0.05, 0.1) is 21.5 Å². The molecule has 0 amide bonds. The van der Waals surface area contributed by atoms with E-state index in [9.17, 15) is 10.1 Å². The van der Waals surface area contributed by atoms with Gasteiger partial charge in [-0.15, -0.1) is 12.6 Å². The number of hydrogen-bond acceptors (Lipinski definition) is 4. The average Bonchev–Trinajstić information content (AvgIpc) is 2.05. The number of hydrogen-bond donors (Lipinski definition) is 1. The van der Waals surface area contributed by atoms with Crippen molar-refractivity contribution in [3.63, 3.8) is 0 Å². The number of nitro benzene ring substituents is 1. The fraction of sp³-hybridized carbons (Fsp3) is 0. The minimum absolute atomic E-state index is 0. The molecule has 0 aliphatic carbocycles. The molecule has 0 saturated carbocycles. The van der Waals surface area contributed by atoms with E-state index in [-0.39, 0.29) is 35.6 Å². The van der Waals surface area contributed by atoms with Gasteiger partial charge in [0.25, 0.3) is 5.69 Å². The summed E-state index contributed by atoms with van der Waals surface area (Å²) in [4.78, 5) is 10.0. The summed E-state index contributed by atoms with van der Waals surface area (Å²) in [6, 6.07) is 5.92. The predicted molar refractivity (Wildman–Crippen MR) is 45.1 cm³/mol. The quantitative estimate of drug-likeness (QED) is 0.355. The van der Waals surface area contributed by atoms with Crippen LogP contribution >= 0.6 is 12.6 Å². The number of benzene rings is 1. The maximum Gasteiger partial charge on any atom is 2.00 e. The zero-order valence-corrected chi connectivity index (χ0v) is 10.5. The van der Waals surface area contributed by atoms with Gasteiger partial charge in [0, 0.05) is 6.07 Å². The zero-order chi connectivity index (χ0) is 9.14. The van der Waals surface area contributed by atoms with Crippen LogP contribution in [0.25, 0.3) is 0 Å². The minimum Gasteiger partial charge on any atom is -0.258 e. The summed E-state index contributed by atoms with van der Waals surface area (Å²) in [5.74, 6) is 0. The summed E-state index contributed by atoms with van der Waals surface area (Å²) in [5.41, 5.74) is 0.122. The van der Waals surface area contributed by atoms with Gasteiger partial charge < -0.3 is 0 Å². The van der Waals surface area contributed by atoms with E-state index < -0.39 is 4.92 Å². The molecule has 1 aromatic carbocycles. The molecule has 1 aromatic rings. The van der Waals surface area contributed by atoms with E-state index >= 15 is 0 Å². The monoisotopic (exact) mass is 244 g/mol. The van der Waals surface area contributed by atoms with Gasteiger partial charge in [-0.3, -0.25) is 10.1 Å². The van der Waals surface area contributed by atoms with Gasteiger partial charge in [-0.05, 0) is 12.1 Å². The fourth-order valence-electron chi connectivity index (χ4n) is 0.739. The second kappa shape index (κ2) is 4.95. The van der Waals surface area contributed by atoms with E-state index in [1.807, 2.05) is 6.07 Å². The maximum absolute atomic E-state index is 10.3. The molecule has 0 bridgehead atoms. The Hall–Kier alpha value is -0.917. The molecule has 0 N–H and O–H groups in total. The van der Waals surface area contributed by atoms with Crippen LogP contribution in [-0.4, -0.2) is 4.92 Å². The van der Waals surface area contributed by atoms with E-state index in [1.54, 1.807) is 0 Å². The summed E-state index contributed by atoms with van der Waals surface area (Å²) < 4.78 is 0. The predicted octanol–water partition coefficient (Wildman–Crippen LogP) is 1.75. The molecule has 4 nitrogen and oxygen atoms in total. The van der Waals surface area contributed by atoms with Crippen molar-refractivity contribution >= 4 is 18.3 Å². The molecule has 1 rings (SSSR count). The molecule has 6 heteroatoms. The van der Waals surface area contributed by atoms with Crippen molar-refractivity contribution in [1.82, 2.24) is 0 Å². The third-order valence-corrected chi connectivity index (χ3v) is 1.68. The second-order valence-corrected chi connectivity index (χ2v) is 2.55. The van der Waals surface area contributed by atoms with Crippen molar-refractivity contribution in [3.8, 4) is 6.07 Å². The molecule has 0 heterocycles. The van der Waals surface area contributed by atoms with E-state index in [0.717, 1.165) is 0 Å².